The average molecular weight is 280 g/mol. The van der Waals surface area contributed by atoms with Gasteiger partial charge in [0.2, 0.25) is 0 Å². The maximum Gasteiger partial charge on any atom is 0.130 e. The molecule has 1 atom stereocenters. The van der Waals surface area contributed by atoms with Crippen molar-refractivity contribution in [1.82, 2.24) is 19.9 Å². The van der Waals surface area contributed by atoms with Crippen molar-refractivity contribution in [2.24, 2.45) is 7.05 Å². The fourth-order valence-electron chi connectivity index (χ4n) is 2.55. The number of pyridine rings is 1. The number of nitrogens with one attached hydrogen (secondary N) is 1. The van der Waals surface area contributed by atoms with Gasteiger partial charge in [0, 0.05) is 31.0 Å². The zero-order valence-corrected chi connectivity index (χ0v) is 12.5. The molecular weight excluding hydrogens is 260 g/mol. The maximum absolute atomic E-state index is 4.57. The van der Waals surface area contributed by atoms with E-state index in [-0.39, 0.29) is 6.04 Å². The number of fused-ring (bicyclic) bond motifs is 1. The van der Waals surface area contributed by atoms with E-state index in [1.54, 1.807) is 0 Å². The molecule has 4 nitrogen and oxygen atoms in total. The quantitative estimate of drug-likeness (QED) is 0.781. The first kappa shape index (κ1) is 13.8. The summed E-state index contributed by atoms with van der Waals surface area (Å²) >= 11 is 0. The minimum atomic E-state index is 0.0713. The summed E-state index contributed by atoms with van der Waals surface area (Å²) in [6, 6.07) is 10.5. The van der Waals surface area contributed by atoms with Crippen molar-refractivity contribution < 1.29 is 0 Å². The topological polar surface area (TPSA) is 42.7 Å². The smallest absolute Gasteiger partial charge is 0.130 e. The molecule has 0 radical (unpaired) electrons. The Kier molecular flexibility index (Phi) is 3.97. The summed E-state index contributed by atoms with van der Waals surface area (Å²) < 4.78 is 2.06. The lowest BCUT2D eigenvalue weighted by atomic mass is 10.1. The Morgan fingerprint density at radius 3 is 2.86 bits per heavy atom. The molecule has 21 heavy (non-hydrogen) atoms. The van der Waals surface area contributed by atoms with Crippen LogP contribution in [-0.2, 0) is 7.05 Å². The van der Waals surface area contributed by atoms with E-state index in [0.717, 1.165) is 35.3 Å². The van der Waals surface area contributed by atoms with Gasteiger partial charge in [0.15, 0.2) is 0 Å². The van der Waals surface area contributed by atoms with Gasteiger partial charge in [0.1, 0.15) is 5.82 Å². The summed E-state index contributed by atoms with van der Waals surface area (Å²) in [7, 11) is 2.03. The van der Waals surface area contributed by atoms with Crippen LogP contribution in [0.15, 0.2) is 48.9 Å². The number of aryl methyl sites for hydroxylation is 1. The molecular formula is C17H20N4. The molecule has 0 fully saturated rings. The van der Waals surface area contributed by atoms with Crippen molar-refractivity contribution in [2.45, 2.75) is 19.4 Å². The molecule has 4 heteroatoms. The fraction of sp³-hybridized carbons (Fsp3) is 0.294. The fourth-order valence-corrected chi connectivity index (χ4v) is 2.55. The van der Waals surface area contributed by atoms with Crippen molar-refractivity contribution in [3.05, 3.63) is 60.3 Å². The van der Waals surface area contributed by atoms with Gasteiger partial charge in [0.25, 0.3) is 0 Å². The van der Waals surface area contributed by atoms with Crippen LogP contribution in [0, 0.1) is 0 Å². The summed E-state index contributed by atoms with van der Waals surface area (Å²) in [5, 5.41) is 4.73. The Hall–Kier alpha value is -2.20. The van der Waals surface area contributed by atoms with Crippen LogP contribution in [0.5, 0.6) is 0 Å². The van der Waals surface area contributed by atoms with Gasteiger partial charge in [-0.2, -0.15) is 0 Å². The largest absolute Gasteiger partial charge is 0.336 e. The van der Waals surface area contributed by atoms with Gasteiger partial charge in [-0.25, -0.2) is 4.98 Å². The van der Waals surface area contributed by atoms with Crippen LogP contribution in [0.1, 0.15) is 30.8 Å². The maximum atomic E-state index is 4.57. The second-order valence-electron chi connectivity index (χ2n) is 5.24. The highest BCUT2D eigenvalue weighted by molar-refractivity contribution is 5.78. The average Bonchev–Trinajstić information content (AvgIpc) is 2.94. The molecule has 1 aromatic carbocycles. The van der Waals surface area contributed by atoms with Crippen LogP contribution >= 0.6 is 0 Å². The van der Waals surface area contributed by atoms with Crippen molar-refractivity contribution in [1.29, 1.82) is 0 Å². The Labute approximate surface area is 124 Å². The number of para-hydroxylation sites is 1. The first-order valence-electron chi connectivity index (χ1n) is 7.35. The van der Waals surface area contributed by atoms with Crippen LogP contribution in [0.4, 0.5) is 0 Å². The lowest BCUT2D eigenvalue weighted by molar-refractivity contribution is 0.555. The van der Waals surface area contributed by atoms with Crippen molar-refractivity contribution in [2.75, 3.05) is 6.54 Å². The van der Waals surface area contributed by atoms with Crippen LogP contribution in [-0.4, -0.2) is 21.1 Å². The molecule has 0 aliphatic carbocycles. The zero-order valence-electron chi connectivity index (χ0n) is 12.5. The Morgan fingerprint density at radius 1 is 1.24 bits per heavy atom. The van der Waals surface area contributed by atoms with E-state index in [1.807, 2.05) is 43.8 Å². The summed E-state index contributed by atoms with van der Waals surface area (Å²) in [5.74, 6) is 1.01. The normalized spacial score (nSPS) is 12.7. The second kappa shape index (κ2) is 6.06. The standard InChI is InChI=1S/C17H20N4/c1-3-8-18-16(17-19-9-10-21(17)2)14-11-13-6-4-5-7-15(13)20-12-14/h4-7,9-12,16,18H,3,8H2,1-2H3. The summed E-state index contributed by atoms with van der Waals surface area (Å²) in [6.45, 7) is 3.12. The zero-order chi connectivity index (χ0) is 14.7. The number of hydrogen-bond acceptors (Lipinski definition) is 3. The van der Waals surface area contributed by atoms with Crippen LogP contribution in [0.25, 0.3) is 10.9 Å². The van der Waals surface area contributed by atoms with E-state index in [2.05, 4.69) is 38.9 Å². The summed E-state index contributed by atoms with van der Waals surface area (Å²) in [6.07, 6.45) is 6.85. The van der Waals surface area contributed by atoms with Crippen LogP contribution in [0.2, 0.25) is 0 Å². The van der Waals surface area contributed by atoms with E-state index in [4.69, 9.17) is 0 Å². The molecule has 0 aliphatic rings. The number of benzene rings is 1. The summed E-state index contributed by atoms with van der Waals surface area (Å²) in [4.78, 5) is 9.07. The predicted molar refractivity (Wildman–Crippen MR) is 85.1 cm³/mol. The first-order valence-corrected chi connectivity index (χ1v) is 7.35. The minimum absolute atomic E-state index is 0.0713. The van der Waals surface area contributed by atoms with E-state index >= 15 is 0 Å². The molecule has 0 saturated carbocycles. The van der Waals surface area contributed by atoms with E-state index in [1.165, 1.54) is 0 Å². The molecule has 108 valence electrons. The number of nitrogens with zero attached hydrogens (tertiary/aromatic N) is 3. The highest BCUT2D eigenvalue weighted by Gasteiger charge is 2.18. The Bertz CT molecular complexity index is 732. The van der Waals surface area contributed by atoms with Crippen molar-refractivity contribution in [3.8, 4) is 0 Å². The van der Waals surface area contributed by atoms with Gasteiger partial charge < -0.3 is 9.88 Å². The van der Waals surface area contributed by atoms with Gasteiger partial charge in [-0.1, -0.05) is 25.1 Å². The Balaban J connectivity index is 2.03. The van der Waals surface area contributed by atoms with Gasteiger partial charge in [0.05, 0.1) is 11.6 Å². The molecule has 0 saturated heterocycles. The lowest BCUT2D eigenvalue weighted by Gasteiger charge is -2.19. The van der Waals surface area contributed by atoms with E-state index < -0.39 is 0 Å². The number of aromatic nitrogens is 3. The van der Waals surface area contributed by atoms with Gasteiger partial charge in [-0.3, -0.25) is 4.98 Å². The molecule has 0 bridgehead atoms. The van der Waals surface area contributed by atoms with E-state index in [0.29, 0.717) is 0 Å². The van der Waals surface area contributed by atoms with Crippen molar-refractivity contribution in [3.63, 3.8) is 0 Å². The second-order valence-corrected chi connectivity index (χ2v) is 5.24. The third kappa shape index (κ3) is 2.81. The minimum Gasteiger partial charge on any atom is -0.336 e. The monoisotopic (exact) mass is 280 g/mol. The predicted octanol–water partition coefficient (Wildman–Crippen LogP) is 3.06. The third-order valence-electron chi connectivity index (χ3n) is 3.66. The molecule has 1 N–H and O–H groups in total. The van der Waals surface area contributed by atoms with Crippen LogP contribution < -0.4 is 5.32 Å². The number of rotatable bonds is 5. The molecule has 2 aromatic heterocycles. The van der Waals surface area contributed by atoms with Gasteiger partial charge in [-0.15, -0.1) is 0 Å². The molecule has 3 aromatic rings. The van der Waals surface area contributed by atoms with Crippen LogP contribution in [0.3, 0.4) is 0 Å². The highest BCUT2D eigenvalue weighted by atomic mass is 15.1. The van der Waals surface area contributed by atoms with Gasteiger partial charge in [-0.05, 0) is 30.7 Å². The molecule has 2 heterocycles. The molecule has 3 rings (SSSR count). The summed E-state index contributed by atoms with van der Waals surface area (Å²) in [5.41, 5.74) is 2.17. The highest BCUT2D eigenvalue weighted by Crippen LogP contribution is 2.23. The van der Waals surface area contributed by atoms with Crippen molar-refractivity contribution >= 4 is 10.9 Å². The third-order valence-corrected chi connectivity index (χ3v) is 3.66. The van der Waals surface area contributed by atoms with Gasteiger partial charge >= 0.3 is 0 Å². The SMILES string of the molecule is CCCNC(c1cnc2ccccc2c1)c1nccn1C. The first-order chi connectivity index (χ1) is 10.3. The molecule has 0 spiro atoms. The van der Waals surface area contributed by atoms with E-state index in [9.17, 15) is 0 Å². The molecule has 0 amide bonds. The number of imidazole rings is 1. The molecule has 1 unspecified atom stereocenters. The number of hydrogen-bond donors (Lipinski definition) is 1. The Morgan fingerprint density at radius 2 is 2.10 bits per heavy atom. The lowest BCUT2D eigenvalue weighted by Crippen LogP contribution is -2.25. The molecule has 0 aliphatic heterocycles.